The van der Waals surface area contributed by atoms with Crippen molar-refractivity contribution in [3.8, 4) is 11.5 Å². The standard InChI is InChI=1S/C21H30BrN3O5/c22-18-16(23)9-15(19-20(18)30-8-2-7-29-19)21(27)24-10-13-4-5-25(12-17(13)26)11-14-3-1-6-28-14/h9,13-14,17,26H,1-8,10-12,23H2,(H,24,27)/t13-,14?,17?/m0/s1. The van der Waals surface area contributed by atoms with Crippen LogP contribution in [0.1, 0.15) is 36.0 Å². The number of nitrogens with two attached hydrogens (primary N) is 1. The van der Waals surface area contributed by atoms with Crippen LogP contribution < -0.4 is 20.5 Å². The first-order valence-electron chi connectivity index (χ1n) is 10.7. The Bertz CT molecular complexity index is 771. The van der Waals surface area contributed by atoms with E-state index in [0.717, 1.165) is 45.4 Å². The number of nitrogen functional groups attached to an aromatic ring is 1. The second kappa shape index (κ2) is 9.72. The number of piperidine rings is 1. The molecule has 0 saturated carbocycles. The molecule has 0 radical (unpaired) electrons. The van der Waals surface area contributed by atoms with Crippen molar-refractivity contribution in [3.05, 3.63) is 16.1 Å². The van der Waals surface area contributed by atoms with Crippen LogP contribution in [0.4, 0.5) is 5.69 Å². The smallest absolute Gasteiger partial charge is 0.255 e. The molecule has 3 heterocycles. The zero-order valence-electron chi connectivity index (χ0n) is 17.1. The molecule has 2 unspecified atom stereocenters. The van der Waals surface area contributed by atoms with E-state index in [1.165, 1.54) is 0 Å². The summed E-state index contributed by atoms with van der Waals surface area (Å²) in [6.45, 7) is 4.61. The average Bonchev–Trinajstić information content (AvgIpc) is 3.11. The van der Waals surface area contributed by atoms with E-state index in [2.05, 4.69) is 26.1 Å². The molecule has 0 aliphatic carbocycles. The zero-order chi connectivity index (χ0) is 21.1. The molecule has 0 bridgehead atoms. The molecule has 3 atom stereocenters. The lowest BCUT2D eigenvalue weighted by molar-refractivity contribution is -0.00191. The maximum absolute atomic E-state index is 12.9. The lowest BCUT2D eigenvalue weighted by atomic mass is 9.93. The second-order valence-corrected chi connectivity index (χ2v) is 9.05. The number of aliphatic hydroxyl groups is 1. The summed E-state index contributed by atoms with van der Waals surface area (Å²) in [5.41, 5.74) is 6.84. The van der Waals surface area contributed by atoms with Gasteiger partial charge >= 0.3 is 0 Å². The van der Waals surface area contributed by atoms with Crippen LogP contribution in [0, 0.1) is 5.92 Å². The van der Waals surface area contributed by atoms with E-state index in [0.29, 0.717) is 53.5 Å². The van der Waals surface area contributed by atoms with Gasteiger partial charge in [0.05, 0.1) is 41.1 Å². The largest absolute Gasteiger partial charge is 0.489 e. The van der Waals surface area contributed by atoms with Gasteiger partial charge in [0.1, 0.15) is 0 Å². The van der Waals surface area contributed by atoms with Gasteiger partial charge in [0.25, 0.3) is 5.91 Å². The quantitative estimate of drug-likeness (QED) is 0.548. The van der Waals surface area contributed by atoms with Crippen LogP contribution in [-0.4, -0.2) is 74.1 Å². The molecular weight excluding hydrogens is 454 g/mol. The van der Waals surface area contributed by atoms with Crippen LogP contribution in [0.15, 0.2) is 10.5 Å². The van der Waals surface area contributed by atoms with E-state index in [1.807, 2.05) is 0 Å². The molecule has 3 aliphatic rings. The highest BCUT2D eigenvalue weighted by Gasteiger charge is 2.31. The molecule has 1 aromatic rings. The Hall–Kier alpha value is -1.55. The van der Waals surface area contributed by atoms with E-state index in [-0.39, 0.29) is 17.9 Å². The number of rotatable bonds is 5. The number of carbonyl (C=O) groups excluding carboxylic acids is 1. The maximum Gasteiger partial charge on any atom is 0.255 e. The van der Waals surface area contributed by atoms with Gasteiger partial charge in [-0.25, -0.2) is 0 Å². The second-order valence-electron chi connectivity index (χ2n) is 8.26. The maximum atomic E-state index is 12.9. The fraction of sp³-hybridized carbons (Fsp3) is 0.667. The molecule has 30 heavy (non-hydrogen) atoms. The fourth-order valence-corrected chi connectivity index (χ4v) is 4.74. The third-order valence-corrected chi connectivity index (χ3v) is 6.86. The summed E-state index contributed by atoms with van der Waals surface area (Å²) in [5, 5.41) is 13.6. The number of aliphatic hydroxyl groups excluding tert-OH is 1. The van der Waals surface area contributed by atoms with Crippen molar-refractivity contribution in [1.29, 1.82) is 0 Å². The number of nitrogens with one attached hydrogen (secondary N) is 1. The van der Waals surface area contributed by atoms with Crippen LogP contribution in [0.25, 0.3) is 0 Å². The van der Waals surface area contributed by atoms with Crippen molar-refractivity contribution in [2.45, 2.75) is 37.9 Å². The lowest BCUT2D eigenvalue weighted by Crippen LogP contribution is -2.49. The topological polar surface area (TPSA) is 106 Å². The number of ether oxygens (including phenoxy) is 3. The molecule has 4 rings (SSSR count). The van der Waals surface area contributed by atoms with Gasteiger partial charge in [0.15, 0.2) is 11.5 Å². The Balaban J connectivity index is 1.35. The molecule has 8 nitrogen and oxygen atoms in total. The number of nitrogens with zero attached hydrogens (tertiary/aromatic N) is 1. The first kappa shape index (κ1) is 21.7. The van der Waals surface area contributed by atoms with Gasteiger partial charge in [-0.3, -0.25) is 9.69 Å². The highest BCUT2D eigenvalue weighted by atomic mass is 79.9. The van der Waals surface area contributed by atoms with Crippen LogP contribution in [0.3, 0.4) is 0 Å². The van der Waals surface area contributed by atoms with Gasteiger partial charge in [0, 0.05) is 38.6 Å². The van der Waals surface area contributed by atoms with Crippen LogP contribution >= 0.6 is 15.9 Å². The van der Waals surface area contributed by atoms with E-state index in [4.69, 9.17) is 19.9 Å². The number of hydrogen-bond donors (Lipinski definition) is 3. The SMILES string of the molecule is Nc1cc(C(=O)NC[C@@H]2CCN(CC3CCCO3)CC2O)c2c(c1Br)OCCCO2. The number of benzene rings is 1. The third-order valence-electron chi connectivity index (χ3n) is 6.05. The van der Waals surface area contributed by atoms with Crippen molar-refractivity contribution < 1.29 is 24.1 Å². The fourth-order valence-electron chi connectivity index (χ4n) is 4.33. The van der Waals surface area contributed by atoms with Gasteiger partial charge in [0.2, 0.25) is 0 Å². The summed E-state index contributed by atoms with van der Waals surface area (Å²) < 4.78 is 17.8. The van der Waals surface area contributed by atoms with E-state index < -0.39 is 6.10 Å². The molecule has 2 saturated heterocycles. The minimum absolute atomic E-state index is 0.0123. The van der Waals surface area contributed by atoms with Crippen LogP contribution in [0.5, 0.6) is 11.5 Å². The van der Waals surface area contributed by atoms with Crippen molar-refractivity contribution in [2.24, 2.45) is 5.92 Å². The summed E-state index contributed by atoms with van der Waals surface area (Å²) in [5.74, 6) is 0.626. The molecular formula is C21H30BrN3O5. The number of carbonyl (C=O) groups is 1. The number of halogens is 1. The lowest BCUT2D eigenvalue weighted by Gasteiger charge is -2.37. The molecule has 0 aromatic heterocycles. The van der Waals surface area contributed by atoms with Crippen LogP contribution in [0.2, 0.25) is 0 Å². The Labute approximate surface area is 185 Å². The first-order chi connectivity index (χ1) is 14.5. The Kier molecular flexibility index (Phi) is 7.02. The van der Waals surface area contributed by atoms with Crippen molar-refractivity contribution in [1.82, 2.24) is 10.2 Å². The average molecular weight is 484 g/mol. The summed E-state index contributed by atoms with van der Waals surface area (Å²) >= 11 is 3.42. The summed E-state index contributed by atoms with van der Waals surface area (Å²) in [7, 11) is 0. The molecule has 0 spiro atoms. The minimum Gasteiger partial charge on any atom is -0.489 e. The highest BCUT2D eigenvalue weighted by Crippen LogP contribution is 2.43. The van der Waals surface area contributed by atoms with Gasteiger partial charge in [-0.1, -0.05) is 0 Å². The Morgan fingerprint density at radius 2 is 2.03 bits per heavy atom. The predicted octanol–water partition coefficient (Wildman–Crippen LogP) is 1.78. The van der Waals surface area contributed by atoms with Crippen molar-refractivity contribution in [2.75, 3.05) is 51.7 Å². The summed E-state index contributed by atoms with van der Waals surface area (Å²) in [4.78, 5) is 15.2. The number of hydrogen-bond acceptors (Lipinski definition) is 7. The van der Waals surface area contributed by atoms with Gasteiger partial charge in [-0.2, -0.15) is 0 Å². The van der Waals surface area contributed by atoms with Crippen molar-refractivity contribution in [3.63, 3.8) is 0 Å². The number of fused-ring (bicyclic) bond motifs is 1. The normalized spacial score (nSPS) is 26.9. The summed E-state index contributed by atoms with van der Waals surface area (Å²) in [6, 6.07) is 1.60. The molecule has 9 heteroatoms. The minimum atomic E-state index is -0.480. The monoisotopic (exact) mass is 483 g/mol. The molecule has 4 N–H and O–H groups in total. The summed E-state index contributed by atoms with van der Waals surface area (Å²) in [6.07, 6.45) is 3.58. The number of anilines is 1. The first-order valence-corrected chi connectivity index (χ1v) is 11.5. The number of likely N-dealkylation sites (tertiary alicyclic amines) is 1. The Morgan fingerprint density at radius 1 is 1.23 bits per heavy atom. The Morgan fingerprint density at radius 3 is 2.77 bits per heavy atom. The van der Waals surface area contributed by atoms with Gasteiger partial charge in [-0.05, 0) is 47.8 Å². The number of β-amino-alcohol motifs (C(OH)–C–C–N with tert-alkyl or cyclic N) is 1. The van der Waals surface area contributed by atoms with E-state index in [9.17, 15) is 9.90 Å². The molecule has 1 amide bonds. The molecule has 2 fully saturated rings. The molecule has 3 aliphatic heterocycles. The van der Waals surface area contributed by atoms with E-state index >= 15 is 0 Å². The molecule has 166 valence electrons. The van der Waals surface area contributed by atoms with Crippen LogP contribution in [-0.2, 0) is 4.74 Å². The van der Waals surface area contributed by atoms with Gasteiger partial charge in [-0.15, -0.1) is 0 Å². The highest BCUT2D eigenvalue weighted by molar-refractivity contribution is 9.10. The molecule has 1 aromatic carbocycles. The van der Waals surface area contributed by atoms with Crippen molar-refractivity contribution >= 4 is 27.5 Å². The third kappa shape index (κ3) is 4.85. The van der Waals surface area contributed by atoms with E-state index in [1.54, 1.807) is 6.07 Å². The zero-order valence-corrected chi connectivity index (χ0v) is 18.7. The number of amides is 1. The predicted molar refractivity (Wildman–Crippen MR) is 116 cm³/mol. The van der Waals surface area contributed by atoms with Gasteiger partial charge < -0.3 is 30.4 Å².